The van der Waals surface area contributed by atoms with Crippen molar-refractivity contribution in [2.45, 2.75) is 26.7 Å². The van der Waals surface area contributed by atoms with Gasteiger partial charge in [-0.25, -0.2) is 4.98 Å². The first kappa shape index (κ1) is 14.3. The largest absolute Gasteiger partial charge is 0.437 e. The van der Waals surface area contributed by atoms with Crippen LogP contribution in [0.1, 0.15) is 32.6 Å². The molecule has 0 fully saturated rings. The van der Waals surface area contributed by atoms with Crippen molar-refractivity contribution < 1.29 is 9.21 Å². The van der Waals surface area contributed by atoms with E-state index >= 15 is 0 Å². The molecule has 1 aromatic carbocycles. The molecule has 0 unspecified atom stereocenters. The molecule has 0 saturated heterocycles. The minimum atomic E-state index is -0.112. The van der Waals surface area contributed by atoms with Crippen molar-refractivity contribution in [1.82, 2.24) is 10.3 Å². The third-order valence-corrected chi connectivity index (χ3v) is 3.41. The molecule has 0 aliphatic carbocycles. The Morgan fingerprint density at radius 1 is 1.35 bits per heavy atom. The van der Waals surface area contributed by atoms with E-state index in [0.717, 1.165) is 23.9 Å². The van der Waals surface area contributed by atoms with Gasteiger partial charge in [0.25, 0.3) is 0 Å². The number of oxazole rings is 1. The zero-order valence-corrected chi connectivity index (χ0v) is 11.9. The first-order chi connectivity index (χ1) is 9.72. The van der Waals surface area contributed by atoms with Crippen LogP contribution in [0.3, 0.4) is 0 Å². The van der Waals surface area contributed by atoms with Crippen LogP contribution < -0.4 is 5.32 Å². The average molecular weight is 272 g/mol. The van der Waals surface area contributed by atoms with Crippen LogP contribution in [0.5, 0.6) is 0 Å². The van der Waals surface area contributed by atoms with Gasteiger partial charge in [-0.05, 0) is 18.1 Å². The Bertz CT molecular complexity index is 564. The third-order valence-electron chi connectivity index (χ3n) is 3.41. The van der Waals surface area contributed by atoms with Crippen molar-refractivity contribution in [2.75, 3.05) is 6.54 Å². The van der Waals surface area contributed by atoms with Gasteiger partial charge in [0.05, 0.1) is 0 Å². The number of rotatable bonds is 6. The number of nitrogens with one attached hydrogen (secondary N) is 1. The van der Waals surface area contributed by atoms with Crippen molar-refractivity contribution in [1.29, 1.82) is 0 Å². The van der Waals surface area contributed by atoms with Crippen LogP contribution in [0.15, 0.2) is 34.8 Å². The van der Waals surface area contributed by atoms with Gasteiger partial charge in [-0.3, -0.25) is 4.79 Å². The summed E-state index contributed by atoms with van der Waals surface area (Å²) in [6.07, 6.45) is 5.21. The normalized spacial score (nSPS) is 11.6. The quantitative estimate of drug-likeness (QED) is 0.820. The predicted molar refractivity (Wildman–Crippen MR) is 80.1 cm³/mol. The lowest BCUT2D eigenvalue weighted by Gasteiger charge is -2.11. The third kappa shape index (κ3) is 3.70. The van der Waals surface area contributed by atoms with E-state index < -0.39 is 0 Å². The molecule has 106 valence electrons. The number of amides is 1. The van der Waals surface area contributed by atoms with Crippen molar-refractivity contribution >= 4 is 23.1 Å². The second kappa shape index (κ2) is 6.89. The fourth-order valence-electron chi connectivity index (χ4n) is 1.99. The molecule has 0 saturated carbocycles. The van der Waals surface area contributed by atoms with E-state index in [1.165, 1.54) is 6.08 Å². The Labute approximate surface area is 118 Å². The number of fused-ring (bicyclic) bond motifs is 1. The van der Waals surface area contributed by atoms with Gasteiger partial charge in [0.15, 0.2) is 5.58 Å². The van der Waals surface area contributed by atoms with E-state index in [-0.39, 0.29) is 5.91 Å². The maximum Gasteiger partial charge on any atom is 0.244 e. The van der Waals surface area contributed by atoms with Crippen LogP contribution in [0, 0.1) is 5.92 Å². The van der Waals surface area contributed by atoms with Crippen LogP contribution in [0.25, 0.3) is 17.2 Å². The van der Waals surface area contributed by atoms with E-state index in [9.17, 15) is 4.79 Å². The second-order valence-electron chi connectivity index (χ2n) is 4.78. The number of carbonyl (C=O) groups is 1. The summed E-state index contributed by atoms with van der Waals surface area (Å²) in [7, 11) is 0. The number of para-hydroxylation sites is 2. The minimum absolute atomic E-state index is 0.112. The molecule has 0 spiro atoms. The predicted octanol–water partition coefficient (Wildman–Crippen LogP) is 3.39. The van der Waals surface area contributed by atoms with Crippen molar-refractivity contribution in [3.8, 4) is 0 Å². The summed E-state index contributed by atoms with van der Waals surface area (Å²) in [6, 6.07) is 7.53. The first-order valence-corrected chi connectivity index (χ1v) is 7.04. The highest BCUT2D eigenvalue weighted by molar-refractivity contribution is 5.91. The molecular formula is C16H20N2O2. The van der Waals surface area contributed by atoms with Crippen molar-refractivity contribution in [3.63, 3.8) is 0 Å². The molecule has 4 nitrogen and oxygen atoms in total. The molecule has 1 aromatic heterocycles. The highest BCUT2D eigenvalue weighted by atomic mass is 16.3. The summed E-state index contributed by atoms with van der Waals surface area (Å²) in [4.78, 5) is 16.0. The first-order valence-electron chi connectivity index (χ1n) is 7.04. The standard InChI is InChI=1S/C16H20N2O2/c1-3-12(4-2)11-17-15(19)9-10-16-18-13-7-5-6-8-14(13)20-16/h5-10,12H,3-4,11H2,1-2H3,(H,17,19)/b10-9+. The van der Waals surface area contributed by atoms with Crippen LogP contribution in [0.4, 0.5) is 0 Å². The van der Waals surface area contributed by atoms with Gasteiger partial charge in [0.2, 0.25) is 11.8 Å². The molecular weight excluding hydrogens is 252 g/mol. The molecule has 0 atom stereocenters. The lowest BCUT2D eigenvalue weighted by Crippen LogP contribution is -2.27. The van der Waals surface area contributed by atoms with Gasteiger partial charge >= 0.3 is 0 Å². The van der Waals surface area contributed by atoms with E-state index in [2.05, 4.69) is 24.1 Å². The summed E-state index contributed by atoms with van der Waals surface area (Å²) >= 11 is 0. The van der Waals surface area contributed by atoms with E-state index in [0.29, 0.717) is 18.4 Å². The fraction of sp³-hybridized carbons (Fsp3) is 0.375. The Morgan fingerprint density at radius 3 is 2.80 bits per heavy atom. The highest BCUT2D eigenvalue weighted by Gasteiger charge is 2.05. The topological polar surface area (TPSA) is 55.1 Å². The van der Waals surface area contributed by atoms with Gasteiger partial charge in [0, 0.05) is 18.7 Å². The fourth-order valence-corrected chi connectivity index (χ4v) is 1.99. The van der Waals surface area contributed by atoms with Crippen LogP contribution >= 0.6 is 0 Å². The minimum Gasteiger partial charge on any atom is -0.437 e. The van der Waals surface area contributed by atoms with Crippen molar-refractivity contribution in [2.24, 2.45) is 5.92 Å². The summed E-state index contributed by atoms with van der Waals surface area (Å²) in [6.45, 7) is 4.98. The number of hydrogen-bond donors (Lipinski definition) is 1. The second-order valence-corrected chi connectivity index (χ2v) is 4.78. The molecule has 0 radical (unpaired) electrons. The van der Waals surface area contributed by atoms with Gasteiger partial charge in [-0.2, -0.15) is 0 Å². The number of carbonyl (C=O) groups excluding carboxylic acids is 1. The van der Waals surface area contributed by atoms with Gasteiger partial charge < -0.3 is 9.73 Å². The lowest BCUT2D eigenvalue weighted by atomic mass is 10.0. The maximum absolute atomic E-state index is 11.7. The Kier molecular flexibility index (Phi) is 4.93. The Hall–Kier alpha value is -2.10. The summed E-state index contributed by atoms with van der Waals surface area (Å²) in [5.41, 5.74) is 1.52. The zero-order chi connectivity index (χ0) is 14.4. The molecule has 2 aromatic rings. The smallest absolute Gasteiger partial charge is 0.244 e. The van der Waals surface area contributed by atoms with E-state index in [1.807, 2.05) is 24.3 Å². The Morgan fingerprint density at radius 2 is 2.10 bits per heavy atom. The van der Waals surface area contributed by atoms with E-state index in [4.69, 9.17) is 4.42 Å². The summed E-state index contributed by atoms with van der Waals surface area (Å²) in [5, 5.41) is 2.89. The Balaban J connectivity index is 1.93. The molecule has 1 amide bonds. The number of benzene rings is 1. The van der Waals surface area contributed by atoms with Crippen LogP contribution in [-0.4, -0.2) is 17.4 Å². The lowest BCUT2D eigenvalue weighted by molar-refractivity contribution is -0.116. The number of aromatic nitrogens is 1. The average Bonchev–Trinajstić information content (AvgIpc) is 2.89. The molecule has 1 heterocycles. The molecule has 2 rings (SSSR count). The molecule has 0 aliphatic heterocycles. The summed E-state index contributed by atoms with van der Waals surface area (Å²) in [5.74, 6) is 0.875. The number of hydrogen-bond acceptors (Lipinski definition) is 3. The van der Waals surface area contributed by atoms with Gasteiger partial charge in [-0.15, -0.1) is 0 Å². The maximum atomic E-state index is 11.7. The SMILES string of the molecule is CCC(CC)CNC(=O)/C=C/c1nc2ccccc2o1. The van der Waals surface area contributed by atoms with Crippen molar-refractivity contribution in [3.05, 3.63) is 36.2 Å². The molecule has 0 bridgehead atoms. The zero-order valence-electron chi connectivity index (χ0n) is 11.9. The molecule has 20 heavy (non-hydrogen) atoms. The van der Waals surface area contributed by atoms with Crippen LogP contribution in [-0.2, 0) is 4.79 Å². The molecule has 4 heteroatoms. The van der Waals surface area contributed by atoms with Gasteiger partial charge in [-0.1, -0.05) is 38.8 Å². The van der Waals surface area contributed by atoms with Gasteiger partial charge in [0.1, 0.15) is 5.52 Å². The molecule has 0 aliphatic rings. The van der Waals surface area contributed by atoms with E-state index in [1.54, 1.807) is 6.08 Å². The molecule has 1 N–H and O–H groups in total. The summed E-state index contributed by atoms with van der Waals surface area (Å²) < 4.78 is 5.51. The number of nitrogens with zero attached hydrogens (tertiary/aromatic N) is 1. The highest BCUT2D eigenvalue weighted by Crippen LogP contribution is 2.15. The monoisotopic (exact) mass is 272 g/mol. The van der Waals surface area contributed by atoms with Crippen LogP contribution in [0.2, 0.25) is 0 Å².